The Morgan fingerprint density at radius 2 is 1.75 bits per heavy atom. The molecule has 4 N–H and O–H groups in total. The number of aromatic nitrogens is 1. The number of thiazole rings is 1. The molecule has 2 unspecified atom stereocenters. The first kappa shape index (κ1) is 43.0. The molecule has 1 fully saturated rings. The number of carbonyl (C=O) groups is 4. The van der Waals surface area contributed by atoms with E-state index in [2.05, 4.69) is 20.5 Å². The van der Waals surface area contributed by atoms with Gasteiger partial charge in [-0.1, -0.05) is 84.7 Å². The molecule has 1 aliphatic rings. The van der Waals surface area contributed by atoms with E-state index in [9.17, 15) is 29.4 Å². The standard InChI is InChI=1S/C39H61N5O7S/c1-9-25(4)34(42-36(47)31-17-13-14-18-43(31)7)38(48)44(19-20-51-8)32(24(2)3)22-33(45)37-41-30(23-52-37)35(46)40-29(21-26(5)39(49)50)27(6)28-15-11-10-12-16-28/h10-12,15-16,23-27,29,31-34,45H,9,13-14,17-22H2,1-8H3,(H,40,46)(H,42,47)(H,49,50)/t25-,26+,27?,29-,31?,32-,33-,34+/m1/s1. The molecule has 52 heavy (non-hydrogen) atoms. The van der Waals surface area contributed by atoms with Gasteiger partial charge in [-0.3, -0.25) is 24.1 Å². The van der Waals surface area contributed by atoms with Gasteiger partial charge in [0.1, 0.15) is 22.8 Å². The van der Waals surface area contributed by atoms with Crippen LogP contribution in [-0.4, -0.2) is 107 Å². The first-order chi connectivity index (χ1) is 24.7. The molecular formula is C39H61N5O7S. The molecule has 0 radical (unpaired) electrons. The van der Waals surface area contributed by atoms with Gasteiger partial charge < -0.3 is 30.5 Å². The molecule has 0 bridgehead atoms. The Hall–Kier alpha value is -3.39. The third kappa shape index (κ3) is 11.8. The Balaban J connectivity index is 1.81. The van der Waals surface area contributed by atoms with Crippen LogP contribution >= 0.6 is 11.3 Å². The molecule has 8 atom stereocenters. The van der Waals surface area contributed by atoms with Crippen LogP contribution in [0.4, 0.5) is 0 Å². The van der Waals surface area contributed by atoms with Crippen molar-refractivity contribution in [1.29, 1.82) is 0 Å². The van der Waals surface area contributed by atoms with Crippen molar-refractivity contribution in [2.45, 2.75) is 116 Å². The lowest BCUT2D eigenvalue weighted by molar-refractivity contribution is -0.143. The van der Waals surface area contributed by atoms with Crippen molar-refractivity contribution in [3.63, 3.8) is 0 Å². The smallest absolute Gasteiger partial charge is 0.306 e. The zero-order valence-electron chi connectivity index (χ0n) is 32.2. The van der Waals surface area contributed by atoms with Gasteiger partial charge in [0.15, 0.2) is 0 Å². The zero-order chi connectivity index (χ0) is 38.5. The van der Waals surface area contributed by atoms with Crippen molar-refractivity contribution >= 4 is 35.0 Å². The SMILES string of the molecule is CC[C@@H](C)[C@H](NC(=O)C1CCCCN1C)C(=O)N(CCOC)[C@H](C[C@@H](O)c1nc(C(=O)N[C@H](C[C@H](C)C(=O)O)C(C)c2ccccc2)cs1)C(C)C. The summed E-state index contributed by atoms with van der Waals surface area (Å²) in [5.41, 5.74) is 1.11. The van der Waals surface area contributed by atoms with E-state index in [1.54, 1.807) is 24.3 Å². The van der Waals surface area contributed by atoms with Crippen LogP contribution in [0.2, 0.25) is 0 Å². The molecule has 3 amide bonds. The number of aliphatic hydroxyl groups excluding tert-OH is 1. The highest BCUT2D eigenvalue weighted by Crippen LogP contribution is 2.30. The summed E-state index contributed by atoms with van der Waals surface area (Å²) < 4.78 is 5.40. The van der Waals surface area contributed by atoms with Crippen molar-refractivity contribution in [3.8, 4) is 0 Å². The van der Waals surface area contributed by atoms with Gasteiger partial charge in [-0.15, -0.1) is 11.3 Å². The summed E-state index contributed by atoms with van der Waals surface area (Å²) >= 11 is 1.16. The lowest BCUT2D eigenvalue weighted by Gasteiger charge is -2.39. The Labute approximate surface area is 313 Å². The molecule has 1 saturated heterocycles. The topological polar surface area (TPSA) is 161 Å². The predicted octanol–water partition coefficient (Wildman–Crippen LogP) is 5.09. The molecule has 0 aliphatic carbocycles. The van der Waals surface area contributed by atoms with Gasteiger partial charge in [-0.25, -0.2) is 4.98 Å². The fourth-order valence-electron chi connectivity index (χ4n) is 6.88. The predicted molar refractivity (Wildman–Crippen MR) is 203 cm³/mol. The quantitative estimate of drug-likeness (QED) is 0.145. The van der Waals surface area contributed by atoms with Crippen LogP contribution in [0.1, 0.15) is 113 Å². The summed E-state index contributed by atoms with van der Waals surface area (Å²) in [6, 6.07) is 7.70. The van der Waals surface area contributed by atoms with Gasteiger partial charge in [0, 0.05) is 43.5 Å². The normalized spacial score (nSPS) is 19.2. The number of carboxylic acids is 1. The van der Waals surface area contributed by atoms with Crippen LogP contribution in [0.5, 0.6) is 0 Å². The maximum atomic E-state index is 14.4. The number of hydrogen-bond donors (Lipinski definition) is 4. The number of carbonyl (C=O) groups excluding carboxylic acids is 3. The molecule has 1 aromatic carbocycles. The molecule has 13 heteroatoms. The van der Waals surface area contributed by atoms with Gasteiger partial charge in [0.2, 0.25) is 11.8 Å². The van der Waals surface area contributed by atoms with E-state index in [4.69, 9.17) is 4.74 Å². The molecule has 2 aromatic rings. The molecule has 290 valence electrons. The Morgan fingerprint density at radius 1 is 1.06 bits per heavy atom. The summed E-state index contributed by atoms with van der Waals surface area (Å²) in [5, 5.41) is 29.2. The first-order valence-electron chi connectivity index (χ1n) is 18.7. The van der Waals surface area contributed by atoms with E-state index in [-0.39, 0.29) is 67.3 Å². The second kappa shape index (κ2) is 20.7. The molecule has 0 spiro atoms. The van der Waals surface area contributed by atoms with Gasteiger partial charge >= 0.3 is 5.97 Å². The number of methoxy groups -OCH3 is 1. The number of nitrogens with zero attached hydrogens (tertiary/aromatic N) is 3. The molecule has 3 rings (SSSR count). The highest BCUT2D eigenvalue weighted by Gasteiger charge is 2.38. The Kier molecular flexibility index (Phi) is 17.2. The number of likely N-dealkylation sites (N-methyl/N-ethyl adjacent to an activating group) is 1. The number of benzene rings is 1. The lowest BCUT2D eigenvalue weighted by atomic mass is 9.87. The van der Waals surface area contributed by atoms with Crippen molar-refractivity contribution in [2.75, 3.05) is 33.9 Å². The van der Waals surface area contributed by atoms with E-state index < -0.39 is 42.0 Å². The molecule has 1 aliphatic heterocycles. The fourth-order valence-corrected chi connectivity index (χ4v) is 7.68. The highest BCUT2D eigenvalue weighted by molar-refractivity contribution is 7.09. The number of carboxylic acid groups (broad SMARTS) is 1. The van der Waals surface area contributed by atoms with Crippen LogP contribution in [0.15, 0.2) is 35.7 Å². The van der Waals surface area contributed by atoms with Gasteiger partial charge in [-0.2, -0.15) is 0 Å². The average Bonchev–Trinajstić information content (AvgIpc) is 3.63. The van der Waals surface area contributed by atoms with Crippen molar-refractivity contribution in [2.24, 2.45) is 17.8 Å². The largest absolute Gasteiger partial charge is 0.481 e. The summed E-state index contributed by atoms with van der Waals surface area (Å²) in [6.45, 7) is 12.9. The fraction of sp³-hybridized carbons (Fsp3) is 0.667. The van der Waals surface area contributed by atoms with E-state index >= 15 is 0 Å². The number of aliphatic hydroxyl groups is 1. The summed E-state index contributed by atoms with van der Waals surface area (Å²) in [7, 11) is 3.52. The van der Waals surface area contributed by atoms with Gasteiger partial charge in [-0.05, 0) is 50.3 Å². The summed E-state index contributed by atoms with van der Waals surface area (Å²) in [6.07, 6.45) is 2.77. The van der Waals surface area contributed by atoms with Gasteiger partial charge in [0.25, 0.3) is 5.91 Å². The number of amides is 3. The molecular weight excluding hydrogens is 683 g/mol. The number of hydrogen-bond acceptors (Lipinski definition) is 9. The van der Waals surface area contributed by atoms with Crippen molar-refractivity contribution in [3.05, 3.63) is 52.0 Å². The third-order valence-corrected chi connectivity index (χ3v) is 11.6. The van der Waals surface area contributed by atoms with E-state index in [1.807, 2.05) is 72.0 Å². The van der Waals surface area contributed by atoms with E-state index in [1.165, 1.54) is 0 Å². The van der Waals surface area contributed by atoms with Crippen LogP contribution in [-0.2, 0) is 19.1 Å². The van der Waals surface area contributed by atoms with Crippen LogP contribution in [0, 0.1) is 17.8 Å². The van der Waals surface area contributed by atoms with Crippen molar-refractivity contribution in [1.82, 2.24) is 25.4 Å². The van der Waals surface area contributed by atoms with Crippen LogP contribution in [0.3, 0.4) is 0 Å². The van der Waals surface area contributed by atoms with Crippen molar-refractivity contribution < 1.29 is 34.1 Å². The minimum Gasteiger partial charge on any atom is -0.481 e. The minimum absolute atomic E-state index is 0.0626. The number of likely N-dealkylation sites (tertiary alicyclic amines) is 1. The second-order valence-electron chi connectivity index (χ2n) is 14.8. The second-order valence-corrected chi connectivity index (χ2v) is 15.7. The lowest BCUT2D eigenvalue weighted by Crippen LogP contribution is -2.59. The Morgan fingerprint density at radius 3 is 2.35 bits per heavy atom. The molecule has 0 saturated carbocycles. The zero-order valence-corrected chi connectivity index (χ0v) is 33.0. The minimum atomic E-state index is -1.07. The van der Waals surface area contributed by atoms with Crippen LogP contribution < -0.4 is 10.6 Å². The third-order valence-electron chi connectivity index (χ3n) is 10.6. The summed E-state index contributed by atoms with van der Waals surface area (Å²) in [4.78, 5) is 61.5. The molecule has 2 heterocycles. The molecule has 12 nitrogen and oxygen atoms in total. The monoisotopic (exact) mass is 743 g/mol. The number of nitrogens with one attached hydrogen (secondary N) is 2. The number of aliphatic carboxylic acids is 1. The number of piperidine rings is 1. The van der Waals surface area contributed by atoms with Crippen LogP contribution in [0.25, 0.3) is 0 Å². The maximum Gasteiger partial charge on any atom is 0.306 e. The van der Waals surface area contributed by atoms with E-state index in [0.29, 0.717) is 11.4 Å². The highest BCUT2D eigenvalue weighted by atomic mass is 32.1. The average molecular weight is 744 g/mol. The first-order valence-corrected chi connectivity index (χ1v) is 19.6. The van der Waals surface area contributed by atoms with E-state index in [0.717, 1.165) is 42.7 Å². The maximum absolute atomic E-state index is 14.4. The molecule has 1 aromatic heterocycles. The number of ether oxygens (including phenoxy) is 1. The Bertz CT molecular complexity index is 1440. The summed E-state index contributed by atoms with van der Waals surface area (Å²) in [5.74, 6) is -2.77. The van der Waals surface area contributed by atoms with Gasteiger partial charge in [0.05, 0.1) is 18.6 Å². The number of rotatable bonds is 20.